The molecule has 6 heteroatoms. The maximum atomic E-state index is 14.7. The molecule has 186 valence electrons. The number of rotatable bonds is 11. The SMILES string of the molecule is CC=CCCc1ccc(C2CCC(CC(F)(F)COc3ccc(OCC)c(F)c3)CC2)c(F)c1. The van der Waals surface area contributed by atoms with Crippen molar-refractivity contribution < 1.29 is 27.0 Å². The van der Waals surface area contributed by atoms with E-state index in [1.54, 1.807) is 13.0 Å². The molecule has 0 N–H and O–H groups in total. The quantitative estimate of drug-likeness (QED) is 0.239. The molecule has 3 rings (SSSR count). The molecule has 0 heterocycles. The topological polar surface area (TPSA) is 18.5 Å². The molecular formula is C28H34F4O2. The van der Waals surface area contributed by atoms with Gasteiger partial charge in [0.1, 0.15) is 11.6 Å². The fraction of sp³-hybridized carbons (Fsp3) is 0.500. The van der Waals surface area contributed by atoms with Gasteiger partial charge in [-0.3, -0.25) is 0 Å². The van der Waals surface area contributed by atoms with Crippen LogP contribution in [0.25, 0.3) is 0 Å². The Bertz CT molecular complexity index is 949. The Labute approximate surface area is 200 Å². The van der Waals surface area contributed by atoms with Crippen LogP contribution < -0.4 is 9.47 Å². The molecule has 1 aliphatic carbocycles. The highest BCUT2D eigenvalue weighted by Crippen LogP contribution is 2.41. The van der Waals surface area contributed by atoms with Crippen LogP contribution in [0.4, 0.5) is 17.6 Å². The van der Waals surface area contributed by atoms with Crippen molar-refractivity contribution >= 4 is 0 Å². The maximum Gasteiger partial charge on any atom is 0.281 e. The Morgan fingerprint density at radius 3 is 2.38 bits per heavy atom. The minimum absolute atomic E-state index is 0.0500. The predicted octanol–water partition coefficient (Wildman–Crippen LogP) is 8.25. The van der Waals surface area contributed by atoms with Gasteiger partial charge in [0.15, 0.2) is 18.2 Å². The van der Waals surface area contributed by atoms with Crippen molar-refractivity contribution in [1.29, 1.82) is 0 Å². The van der Waals surface area contributed by atoms with Crippen molar-refractivity contribution in [2.45, 2.75) is 70.6 Å². The molecule has 0 aromatic heterocycles. The van der Waals surface area contributed by atoms with E-state index >= 15 is 0 Å². The highest BCUT2D eigenvalue weighted by molar-refractivity contribution is 5.33. The zero-order chi connectivity index (χ0) is 24.6. The second kappa shape index (κ2) is 12.3. The molecule has 2 aromatic carbocycles. The average Bonchev–Trinajstić information content (AvgIpc) is 2.80. The third kappa shape index (κ3) is 7.51. The van der Waals surface area contributed by atoms with Gasteiger partial charge in [-0.25, -0.2) is 17.6 Å². The number of allylic oxidation sites excluding steroid dienone is 2. The summed E-state index contributed by atoms with van der Waals surface area (Å²) in [7, 11) is 0. The molecule has 0 spiro atoms. The van der Waals surface area contributed by atoms with Crippen LogP contribution >= 0.6 is 0 Å². The van der Waals surface area contributed by atoms with Crippen molar-refractivity contribution in [3.8, 4) is 11.5 Å². The summed E-state index contributed by atoms with van der Waals surface area (Å²) in [4.78, 5) is 0. The summed E-state index contributed by atoms with van der Waals surface area (Å²) in [5, 5.41) is 0. The third-order valence-electron chi connectivity index (χ3n) is 6.43. The van der Waals surface area contributed by atoms with Gasteiger partial charge in [0.05, 0.1) is 6.61 Å². The number of benzene rings is 2. The number of hydrogen-bond donors (Lipinski definition) is 0. The summed E-state index contributed by atoms with van der Waals surface area (Å²) in [5.41, 5.74) is 1.67. The molecule has 0 amide bonds. The molecule has 2 nitrogen and oxygen atoms in total. The maximum absolute atomic E-state index is 14.7. The molecule has 0 atom stereocenters. The van der Waals surface area contributed by atoms with Gasteiger partial charge < -0.3 is 9.47 Å². The molecule has 1 fully saturated rings. The summed E-state index contributed by atoms with van der Waals surface area (Å²) in [6, 6.07) is 9.32. The summed E-state index contributed by atoms with van der Waals surface area (Å²) in [6.07, 6.45) is 8.08. The third-order valence-corrected chi connectivity index (χ3v) is 6.43. The Kier molecular flexibility index (Phi) is 9.43. The largest absolute Gasteiger partial charge is 0.491 e. The Balaban J connectivity index is 1.48. The average molecular weight is 479 g/mol. The van der Waals surface area contributed by atoms with E-state index in [1.165, 1.54) is 12.1 Å². The molecule has 1 aliphatic rings. The molecule has 0 bridgehead atoms. The van der Waals surface area contributed by atoms with Gasteiger partial charge in [0, 0.05) is 12.5 Å². The van der Waals surface area contributed by atoms with E-state index in [9.17, 15) is 17.6 Å². The van der Waals surface area contributed by atoms with Gasteiger partial charge in [-0.15, -0.1) is 0 Å². The lowest BCUT2D eigenvalue weighted by atomic mass is 9.76. The van der Waals surface area contributed by atoms with E-state index in [0.29, 0.717) is 37.9 Å². The summed E-state index contributed by atoms with van der Waals surface area (Å²) in [5.74, 6) is -3.81. The van der Waals surface area contributed by atoms with Crippen LogP contribution in [0.3, 0.4) is 0 Å². The van der Waals surface area contributed by atoms with Crippen LogP contribution in [0.1, 0.15) is 69.4 Å². The van der Waals surface area contributed by atoms with Gasteiger partial charge in [-0.1, -0.05) is 24.3 Å². The van der Waals surface area contributed by atoms with Crippen LogP contribution in [-0.4, -0.2) is 19.1 Å². The first-order valence-electron chi connectivity index (χ1n) is 12.1. The molecular weight excluding hydrogens is 444 g/mol. The summed E-state index contributed by atoms with van der Waals surface area (Å²) >= 11 is 0. The molecule has 1 saturated carbocycles. The Morgan fingerprint density at radius 2 is 1.74 bits per heavy atom. The second-order valence-electron chi connectivity index (χ2n) is 9.06. The zero-order valence-electron chi connectivity index (χ0n) is 20.0. The van der Waals surface area contributed by atoms with E-state index in [-0.39, 0.29) is 35.6 Å². The number of ether oxygens (including phenoxy) is 2. The molecule has 0 aliphatic heterocycles. The van der Waals surface area contributed by atoms with E-state index in [4.69, 9.17) is 9.47 Å². The smallest absolute Gasteiger partial charge is 0.281 e. The molecule has 0 saturated heterocycles. The standard InChI is InChI=1S/C28H34F4O2/c1-3-5-6-7-20-10-14-24(25(29)16-20)22-11-8-21(9-12-22)18-28(31,32)19-34-23-13-15-27(33-4-2)26(30)17-23/h3,5,10,13-17,21-22H,4,6-9,11-12,18-19H2,1-2H3. The minimum atomic E-state index is -3.02. The number of alkyl halides is 2. The molecule has 34 heavy (non-hydrogen) atoms. The monoisotopic (exact) mass is 478 g/mol. The van der Waals surface area contributed by atoms with E-state index in [0.717, 1.165) is 24.5 Å². The van der Waals surface area contributed by atoms with Crippen LogP contribution in [0.5, 0.6) is 11.5 Å². The Morgan fingerprint density at radius 1 is 0.971 bits per heavy atom. The van der Waals surface area contributed by atoms with Gasteiger partial charge in [-0.05, 0) is 93.5 Å². The summed E-state index contributed by atoms with van der Waals surface area (Å²) < 4.78 is 68.0. The fourth-order valence-electron chi connectivity index (χ4n) is 4.67. The molecule has 0 radical (unpaired) electrons. The van der Waals surface area contributed by atoms with E-state index in [2.05, 4.69) is 6.08 Å². The first-order valence-corrected chi connectivity index (χ1v) is 12.1. The van der Waals surface area contributed by atoms with Gasteiger partial charge in [0.25, 0.3) is 5.92 Å². The van der Waals surface area contributed by atoms with Crippen LogP contribution in [0.15, 0.2) is 48.6 Å². The van der Waals surface area contributed by atoms with Crippen molar-refractivity contribution in [1.82, 2.24) is 0 Å². The number of aryl methyl sites for hydroxylation is 1. The van der Waals surface area contributed by atoms with Crippen molar-refractivity contribution in [3.63, 3.8) is 0 Å². The first kappa shape index (κ1) is 26.1. The van der Waals surface area contributed by atoms with Gasteiger partial charge in [0.2, 0.25) is 0 Å². The van der Waals surface area contributed by atoms with Gasteiger partial charge in [-0.2, -0.15) is 0 Å². The first-order chi connectivity index (χ1) is 16.3. The lowest BCUT2D eigenvalue weighted by molar-refractivity contribution is -0.0634. The van der Waals surface area contributed by atoms with Crippen molar-refractivity contribution in [2.75, 3.05) is 13.2 Å². The Hall–Kier alpha value is -2.50. The van der Waals surface area contributed by atoms with E-state index < -0.39 is 18.3 Å². The van der Waals surface area contributed by atoms with Gasteiger partial charge >= 0.3 is 0 Å². The normalized spacial score (nSPS) is 18.9. The second-order valence-corrected chi connectivity index (χ2v) is 9.06. The van der Waals surface area contributed by atoms with Crippen LogP contribution in [-0.2, 0) is 6.42 Å². The lowest BCUT2D eigenvalue weighted by Crippen LogP contribution is -2.30. The minimum Gasteiger partial charge on any atom is -0.491 e. The van der Waals surface area contributed by atoms with Crippen molar-refractivity contribution in [2.24, 2.45) is 5.92 Å². The lowest BCUT2D eigenvalue weighted by Gasteiger charge is -2.31. The van der Waals surface area contributed by atoms with Crippen LogP contribution in [0.2, 0.25) is 0 Å². The zero-order valence-corrected chi connectivity index (χ0v) is 20.0. The molecule has 0 unspecified atom stereocenters. The van der Waals surface area contributed by atoms with Crippen molar-refractivity contribution in [3.05, 3.63) is 71.3 Å². The highest BCUT2D eigenvalue weighted by atomic mass is 19.3. The highest BCUT2D eigenvalue weighted by Gasteiger charge is 2.36. The summed E-state index contributed by atoms with van der Waals surface area (Å²) in [6.45, 7) is 3.21. The molecule has 2 aromatic rings. The number of halogens is 4. The van der Waals surface area contributed by atoms with Crippen LogP contribution in [0, 0.1) is 17.6 Å². The van der Waals surface area contributed by atoms with E-state index in [1.807, 2.05) is 25.1 Å². The fourth-order valence-corrected chi connectivity index (χ4v) is 4.67. The predicted molar refractivity (Wildman–Crippen MR) is 127 cm³/mol. The number of hydrogen-bond acceptors (Lipinski definition) is 2.